The van der Waals surface area contributed by atoms with E-state index in [-0.39, 0.29) is 29.7 Å². The van der Waals surface area contributed by atoms with E-state index < -0.39 is 10.5 Å². The van der Waals surface area contributed by atoms with Crippen LogP contribution in [0.25, 0.3) is 0 Å². The predicted octanol–water partition coefficient (Wildman–Crippen LogP) is 3.36. The Morgan fingerprint density at radius 3 is 2.55 bits per heavy atom. The lowest BCUT2D eigenvalue weighted by Gasteiger charge is -2.19. The highest BCUT2D eigenvalue weighted by atomic mass is 35.5. The number of hydrogen-bond donors (Lipinski definition) is 0. The number of hydrogen-bond acceptors (Lipinski definition) is 5. The highest BCUT2D eigenvalue weighted by Gasteiger charge is 2.16. The molecule has 20 heavy (non-hydrogen) atoms. The van der Waals surface area contributed by atoms with Gasteiger partial charge in [-0.15, -0.1) is 0 Å². The van der Waals surface area contributed by atoms with E-state index in [0.717, 1.165) is 0 Å². The maximum Gasteiger partial charge on any atom is 0.309 e. The number of ether oxygens (including phenoxy) is 2. The molecular formula is C13H16ClNO5. The standard InChI is InChI=1S/C13H16ClNO5/c1-13(2,3)20-12(16)6-7-19-9-4-5-11(15(17)18)10(14)8-9/h4-5,8H,6-7H2,1-3H3. The quantitative estimate of drug-likeness (QED) is 0.473. The second-order valence-corrected chi connectivity index (χ2v) is 5.46. The second-order valence-electron chi connectivity index (χ2n) is 5.06. The van der Waals surface area contributed by atoms with E-state index in [9.17, 15) is 14.9 Å². The first kappa shape index (κ1) is 16.2. The van der Waals surface area contributed by atoms with Crippen molar-refractivity contribution in [2.75, 3.05) is 6.61 Å². The van der Waals surface area contributed by atoms with Gasteiger partial charge in [0.25, 0.3) is 5.69 Å². The molecule has 0 N–H and O–H groups in total. The van der Waals surface area contributed by atoms with Gasteiger partial charge < -0.3 is 9.47 Å². The van der Waals surface area contributed by atoms with Crippen LogP contribution in [-0.4, -0.2) is 23.1 Å². The van der Waals surface area contributed by atoms with E-state index in [0.29, 0.717) is 5.75 Å². The van der Waals surface area contributed by atoms with E-state index in [1.54, 1.807) is 20.8 Å². The first-order valence-corrected chi connectivity index (χ1v) is 6.35. The topological polar surface area (TPSA) is 78.7 Å². The Kier molecular flexibility index (Phi) is 5.33. The van der Waals surface area contributed by atoms with Crippen LogP contribution in [0.4, 0.5) is 5.69 Å². The summed E-state index contributed by atoms with van der Waals surface area (Å²) in [6, 6.07) is 4.03. The van der Waals surface area contributed by atoms with Crippen molar-refractivity contribution in [2.45, 2.75) is 32.8 Å². The molecule has 7 heteroatoms. The number of nitro benzene ring substituents is 1. The van der Waals surface area contributed by atoms with E-state index in [2.05, 4.69) is 0 Å². The smallest absolute Gasteiger partial charge is 0.309 e. The molecule has 0 aliphatic heterocycles. The molecule has 0 spiro atoms. The first-order chi connectivity index (χ1) is 9.19. The van der Waals surface area contributed by atoms with Crippen molar-refractivity contribution in [3.8, 4) is 5.75 Å². The molecule has 0 heterocycles. The largest absolute Gasteiger partial charge is 0.493 e. The predicted molar refractivity (Wildman–Crippen MR) is 74.1 cm³/mol. The molecular weight excluding hydrogens is 286 g/mol. The minimum Gasteiger partial charge on any atom is -0.493 e. The molecule has 0 bridgehead atoms. The molecule has 1 aromatic rings. The Labute approximate surface area is 121 Å². The van der Waals surface area contributed by atoms with Gasteiger partial charge in [0.2, 0.25) is 0 Å². The van der Waals surface area contributed by atoms with E-state index >= 15 is 0 Å². The molecule has 0 aromatic heterocycles. The molecule has 110 valence electrons. The molecule has 0 aliphatic rings. The minimum atomic E-state index is -0.577. The molecule has 1 aromatic carbocycles. The van der Waals surface area contributed by atoms with Crippen molar-refractivity contribution in [3.63, 3.8) is 0 Å². The lowest BCUT2D eigenvalue weighted by atomic mass is 10.2. The summed E-state index contributed by atoms with van der Waals surface area (Å²) >= 11 is 5.74. The van der Waals surface area contributed by atoms with Crippen LogP contribution in [0.5, 0.6) is 5.75 Å². The van der Waals surface area contributed by atoms with Crippen molar-refractivity contribution >= 4 is 23.3 Å². The molecule has 0 radical (unpaired) electrons. The molecule has 0 saturated carbocycles. The van der Waals surface area contributed by atoms with Crippen molar-refractivity contribution in [2.24, 2.45) is 0 Å². The van der Waals surface area contributed by atoms with Crippen LogP contribution >= 0.6 is 11.6 Å². The summed E-state index contributed by atoms with van der Waals surface area (Å²) in [4.78, 5) is 21.5. The minimum absolute atomic E-state index is 0.00947. The fraction of sp³-hybridized carbons (Fsp3) is 0.462. The number of carbonyl (C=O) groups excluding carboxylic acids is 1. The second kappa shape index (κ2) is 6.56. The summed E-state index contributed by atoms with van der Waals surface area (Å²) in [5.74, 6) is -0.00494. The summed E-state index contributed by atoms with van der Waals surface area (Å²) in [6.07, 6.45) is 0.0892. The van der Waals surface area contributed by atoms with Crippen molar-refractivity contribution in [1.29, 1.82) is 0 Å². The van der Waals surface area contributed by atoms with Crippen LogP contribution in [0.3, 0.4) is 0 Å². The van der Waals surface area contributed by atoms with Crippen molar-refractivity contribution < 1.29 is 19.2 Å². The van der Waals surface area contributed by atoms with Gasteiger partial charge >= 0.3 is 5.97 Å². The number of esters is 1. The van der Waals surface area contributed by atoms with Crippen molar-refractivity contribution in [1.82, 2.24) is 0 Å². The molecule has 0 amide bonds. The zero-order chi connectivity index (χ0) is 15.3. The summed E-state index contributed by atoms with van der Waals surface area (Å²) in [6.45, 7) is 5.45. The van der Waals surface area contributed by atoms with Gasteiger partial charge in [0.05, 0.1) is 18.0 Å². The molecule has 0 saturated heterocycles. The Morgan fingerprint density at radius 2 is 2.05 bits per heavy atom. The van der Waals surface area contributed by atoms with Gasteiger partial charge in [-0.3, -0.25) is 14.9 Å². The lowest BCUT2D eigenvalue weighted by molar-refractivity contribution is -0.384. The third-order valence-corrected chi connectivity index (χ3v) is 2.41. The van der Waals surface area contributed by atoms with E-state index in [4.69, 9.17) is 21.1 Å². The number of carbonyl (C=O) groups is 1. The molecule has 1 rings (SSSR count). The molecule has 0 fully saturated rings. The summed E-state index contributed by atoms with van der Waals surface area (Å²) in [5.41, 5.74) is -0.723. The van der Waals surface area contributed by atoms with E-state index in [1.807, 2.05) is 0 Å². The fourth-order valence-electron chi connectivity index (χ4n) is 1.37. The van der Waals surface area contributed by atoms with Gasteiger partial charge in [-0.05, 0) is 26.8 Å². The Bertz CT molecular complexity index is 510. The van der Waals surface area contributed by atoms with Crippen LogP contribution < -0.4 is 4.74 Å². The number of benzene rings is 1. The Hall–Kier alpha value is -1.82. The maximum atomic E-state index is 11.4. The number of nitrogens with zero attached hydrogens (tertiary/aromatic N) is 1. The Balaban J connectivity index is 2.49. The number of nitro groups is 1. The fourth-order valence-corrected chi connectivity index (χ4v) is 1.61. The van der Waals surface area contributed by atoms with E-state index in [1.165, 1.54) is 18.2 Å². The van der Waals surface area contributed by atoms with Crippen LogP contribution in [0.2, 0.25) is 5.02 Å². The van der Waals surface area contributed by atoms with Gasteiger partial charge in [-0.2, -0.15) is 0 Å². The average Bonchev–Trinajstić information content (AvgIpc) is 2.25. The van der Waals surface area contributed by atoms with Gasteiger partial charge in [-0.25, -0.2) is 0 Å². The SMILES string of the molecule is CC(C)(C)OC(=O)CCOc1ccc([N+](=O)[O-])c(Cl)c1. The number of halogens is 1. The van der Waals surface area contributed by atoms with Gasteiger partial charge in [-0.1, -0.05) is 11.6 Å². The molecule has 0 atom stereocenters. The maximum absolute atomic E-state index is 11.4. The van der Waals surface area contributed by atoms with Crippen LogP contribution in [-0.2, 0) is 9.53 Å². The highest BCUT2D eigenvalue weighted by Crippen LogP contribution is 2.28. The van der Waals surface area contributed by atoms with Crippen LogP contribution in [0.1, 0.15) is 27.2 Å². The Morgan fingerprint density at radius 1 is 1.40 bits per heavy atom. The zero-order valence-electron chi connectivity index (χ0n) is 11.5. The highest BCUT2D eigenvalue weighted by molar-refractivity contribution is 6.32. The third kappa shape index (κ3) is 5.44. The zero-order valence-corrected chi connectivity index (χ0v) is 12.3. The summed E-state index contributed by atoms with van der Waals surface area (Å²) in [5, 5.41) is 10.6. The molecule has 0 aliphatic carbocycles. The summed E-state index contributed by atoms with van der Waals surface area (Å²) in [7, 11) is 0. The van der Waals surface area contributed by atoms with Crippen LogP contribution in [0.15, 0.2) is 18.2 Å². The lowest BCUT2D eigenvalue weighted by Crippen LogP contribution is -2.24. The van der Waals surface area contributed by atoms with Gasteiger partial charge in [0.1, 0.15) is 16.4 Å². The first-order valence-electron chi connectivity index (χ1n) is 5.97. The van der Waals surface area contributed by atoms with Gasteiger partial charge in [0.15, 0.2) is 0 Å². The summed E-state index contributed by atoms with van der Waals surface area (Å²) < 4.78 is 10.4. The molecule has 0 unspecified atom stereocenters. The average molecular weight is 302 g/mol. The van der Waals surface area contributed by atoms with Crippen molar-refractivity contribution in [3.05, 3.63) is 33.3 Å². The normalized spacial score (nSPS) is 11.0. The number of rotatable bonds is 5. The third-order valence-electron chi connectivity index (χ3n) is 2.11. The van der Waals surface area contributed by atoms with Crippen LogP contribution in [0, 0.1) is 10.1 Å². The monoisotopic (exact) mass is 301 g/mol. The van der Waals surface area contributed by atoms with Gasteiger partial charge in [0, 0.05) is 12.1 Å². The molecule has 6 nitrogen and oxygen atoms in total.